The van der Waals surface area contributed by atoms with Gasteiger partial charge in [-0.2, -0.15) is 4.98 Å². The first-order chi connectivity index (χ1) is 12.0. The van der Waals surface area contributed by atoms with E-state index in [1.54, 1.807) is 0 Å². The number of nitrogens with zero attached hydrogens (tertiary/aromatic N) is 4. The van der Waals surface area contributed by atoms with Crippen LogP contribution in [0.3, 0.4) is 0 Å². The molecule has 0 aliphatic carbocycles. The summed E-state index contributed by atoms with van der Waals surface area (Å²) in [6.07, 6.45) is 0. The molecule has 1 aliphatic rings. The molecule has 3 rings (SSSR count). The molecule has 0 saturated carbocycles. The van der Waals surface area contributed by atoms with E-state index in [9.17, 15) is 4.79 Å². The van der Waals surface area contributed by atoms with Crippen molar-refractivity contribution in [3.05, 3.63) is 47.1 Å². The Kier molecular flexibility index (Phi) is 5.45. The molecule has 7 heteroatoms. The minimum atomic E-state index is 0.0270. The summed E-state index contributed by atoms with van der Waals surface area (Å²) in [5.41, 5.74) is 2.34. The van der Waals surface area contributed by atoms with Gasteiger partial charge >= 0.3 is 0 Å². The Morgan fingerprint density at radius 2 is 2.12 bits per heavy atom. The quantitative estimate of drug-likeness (QED) is 0.882. The number of aryl methyl sites for hydroxylation is 2. The van der Waals surface area contributed by atoms with Gasteiger partial charge in [0.15, 0.2) is 5.82 Å². The molecule has 1 aromatic heterocycles. The first-order valence-corrected chi connectivity index (χ1v) is 8.57. The Balaban J connectivity index is 1.53. The maximum absolute atomic E-state index is 12.3. The Hall–Kier alpha value is -2.25. The minimum absolute atomic E-state index is 0.0270. The molecule has 1 saturated heterocycles. The third-order valence-electron chi connectivity index (χ3n) is 4.66. The zero-order chi connectivity index (χ0) is 17.8. The highest BCUT2D eigenvalue weighted by Crippen LogP contribution is 2.22. The Morgan fingerprint density at radius 1 is 1.32 bits per heavy atom. The highest BCUT2D eigenvalue weighted by atomic mass is 16.5. The van der Waals surface area contributed by atoms with Gasteiger partial charge in [-0.1, -0.05) is 29.4 Å². The Bertz CT molecular complexity index is 730. The molecule has 1 aromatic carbocycles. The predicted molar refractivity (Wildman–Crippen MR) is 93.9 cm³/mol. The van der Waals surface area contributed by atoms with E-state index in [0.717, 1.165) is 18.7 Å². The van der Waals surface area contributed by atoms with Crippen LogP contribution in [0.25, 0.3) is 0 Å². The number of aromatic nitrogens is 2. The lowest BCUT2D eigenvalue weighted by Gasteiger charge is -2.37. The van der Waals surface area contributed by atoms with Crippen LogP contribution in [0, 0.1) is 13.8 Å². The van der Waals surface area contributed by atoms with Crippen LogP contribution in [-0.2, 0) is 11.3 Å². The molecule has 25 heavy (non-hydrogen) atoms. The second kappa shape index (κ2) is 7.76. The number of nitrogens with one attached hydrogen (secondary N) is 1. The van der Waals surface area contributed by atoms with E-state index < -0.39 is 0 Å². The molecular weight excluding hydrogens is 318 g/mol. The number of hydrogen-bond acceptors (Lipinski definition) is 6. The molecule has 1 atom stereocenters. The largest absolute Gasteiger partial charge is 0.351 e. The fourth-order valence-electron chi connectivity index (χ4n) is 3.05. The van der Waals surface area contributed by atoms with E-state index in [0.29, 0.717) is 31.3 Å². The molecule has 2 heterocycles. The van der Waals surface area contributed by atoms with Crippen LogP contribution < -0.4 is 5.32 Å². The SMILES string of the molecule is Cc1noc(C2CN(CC(=O)NCc3ccccc3C)CCN2C)n1. The lowest BCUT2D eigenvalue weighted by molar-refractivity contribution is -0.123. The lowest BCUT2D eigenvalue weighted by atomic mass is 10.1. The Morgan fingerprint density at radius 3 is 2.84 bits per heavy atom. The fourth-order valence-corrected chi connectivity index (χ4v) is 3.05. The highest BCUT2D eigenvalue weighted by Gasteiger charge is 2.30. The molecule has 7 nitrogen and oxygen atoms in total. The molecule has 1 fully saturated rings. The van der Waals surface area contributed by atoms with Crippen LogP contribution in [0.4, 0.5) is 0 Å². The van der Waals surface area contributed by atoms with Gasteiger partial charge in [0.2, 0.25) is 11.8 Å². The first kappa shape index (κ1) is 17.6. The first-order valence-electron chi connectivity index (χ1n) is 8.57. The molecule has 1 N–H and O–H groups in total. The van der Waals surface area contributed by atoms with Gasteiger partial charge < -0.3 is 9.84 Å². The van der Waals surface area contributed by atoms with Gasteiger partial charge in [0.25, 0.3) is 0 Å². The molecule has 1 unspecified atom stereocenters. The Labute approximate surface area is 148 Å². The van der Waals surface area contributed by atoms with E-state index in [4.69, 9.17) is 4.52 Å². The number of piperazine rings is 1. The van der Waals surface area contributed by atoms with Crippen molar-refractivity contribution < 1.29 is 9.32 Å². The summed E-state index contributed by atoms with van der Waals surface area (Å²) >= 11 is 0. The van der Waals surface area contributed by atoms with Crippen molar-refractivity contribution in [2.24, 2.45) is 0 Å². The van der Waals surface area contributed by atoms with Crippen molar-refractivity contribution >= 4 is 5.91 Å². The molecule has 0 spiro atoms. The van der Waals surface area contributed by atoms with E-state index >= 15 is 0 Å². The van der Waals surface area contributed by atoms with Crippen LogP contribution in [0.1, 0.15) is 28.9 Å². The average molecular weight is 343 g/mol. The number of hydrogen-bond donors (Lipinski definition) is 1. The van der Waals surface area contributed by atoms with Crippen LogP contribution in [0.15, 0.2) is 28.8 Å². The summed E-state index contributed by atoms with van der Waals surface area (Å²) in [7, 11) is 2.04. The van der Waals surface area contributed by atoms with E-state index in [1.165, 1.54) is 5.56 Å². The molecule has 1 aliphatic heterocycles. The van der Waals surface area contributed by atoms with Crippen molar-refractivity contribution in [1.82, 2.24) is 25.3 Å². The number of likely N-dealkylation sites (N-methyl/N-ethyl adjacent to an activating group) is 1. The molecule has 2 aromatic rings. The summed E-state index contributed by atoms with van der Waals surface area (Å²) in [5, 5.41) is 6.88. The zero-order valence-electron chi connectivity index (χ0n) is 15.0. The summed E-state index contributed by atoms with van der Waals surface area (Å²) in [6, 6.07) is 8.12. The van der Waals surface area contributed by atoms with Crippen molar-refractivity contribution in [3.63, 3.8) is 0 Å². The number of benzene rings is 1. The highest BCUT2D eigenvalue weighted by molar-refractivity contribution is 5.78. The summed E-state index contributed by atoms with van der Waals surface area (Å²) in [6.45, 7) is 7.21. The molecular formula is C18H25N5O2. The van der Waals surface area contributed by atoms with Crippen molar-refractivity contribution in [2.75, 3.05) is 33.2 Å². The van der Waals surface area contributed by atoms with Gasteiger partial charge in [0, 0.05) is 26.2 Å². The lowest BCUT2D eigenvalue weighted by Crippen LogP contribution is -2.49. The number of carbonyl (C=O) groups excluding carboxylic acids is 1. The van der Waals surface area contributed by atoms with Crippen molar-refractivity contribution in [3.8, 4) is 0 Å². The zero-order valence-corrected chi connectivity index (χ0v) is 15.0. The van der Waals surface area contributed by atoms with Gasteiger partial charge in [-0.25, -0.2) is 0 Å². The van der Waals surface area contributed by atoms with E-state index in [-0.39, 0.29) is 11.9 Å². The summed E-state index contributed by atoms with van der Waals surface area (Å²) < 4.78 is 5.32. The van der Waals surface area contributed by atoms with E-state index in [2.05, 4.69) is 38.2 Å². The number of rotatable bonds is 5. The van der Waals surface area contributed by atoms with Crippen LogP contribution in [0.5, 0.6) is 0 Å². The van der Waals surface area contributed by atoms with Crippen molar-refractivity contribution in [2.45, 2.75) is 26.4 Å². The maximum Gasteiger partial charge on any atom is 0.245 e. The monoisotopic (exact) mass is 343 g/mol. The second-order valence-corrected chi connectivity index (χ2v) is 6.61. The van der Waals surface area contributed by atoms with Gasteiger partial charge in [-0.15, -0.1) is 0 Å². The maximum atomic E-state index is 12.3. The van der Waals surface area contributed by atoms with Gasteiger partial charge in [0.1, 0.15) is 6.04 Å². The summed E-state index contributed by atoms with van der Waals surface area (Å²) in [4.78, 5) is 21.0. The molecule has 0 radical (unpaired) electrons. The van der Waals surface area contributed by atoms with Crippen LogP contribution in [0.2, 0.25) is 0 Å². The normalized spacial score (nSPS) is 19.1. The number of amides is 1. The van der Waals surface area contributed by atoms with Crippen LogP contribution in [-0.4, -0.2) is 59.1 Å². The predicted octanol–water partition coefficient (Wildman–Crippen LogP) is 1.29. The molecule has 1 amide bonds. The molecule has 0 bridgehead atoms. The standard InChI is InChI=1S/C18H25N5O2/c1-13-6-4-5-7-15(13)10-19-17(24)12-23-9-8-22(3)16(11-23)18-20-14(2)21-25-18/h4-7,16H,8-12H2,1-3H3,(H,19,24). The van der Waals surface area contributed by atoms with Gasteiger partial charge in [-0.05, 0) is 32.0 Å². The topological polar surface area (TPSA) is 74.5 Å². The third-order valence-corrected chi connectivity index (χ3v) is 4.66. The smallest absolute Gasteiger partial charge is 0.245 e. The van der Waals surface area contributed by atoms with Crippen LogP contribution >= 0.6 is 0 Å². The average Bonchev–Trinajstić information content (AvgIpc) is 3.02. The number of carbonyl (C=O) groups is 1. The van der Waals surface area contributed by atoms with Crippen molar-refractivity contribution in [1.29, 1.82) is 0 Å². The van der Waals surface area contributed by atoms with Gasteiger partial charge in [-0.3, -0.25) is 14.6 Å². The second-order valence-electron chi connectivity index (χ2n) is 6.61. The summed E-state index contributed by atoms with van der Waals surface area (Å²) in [5.74, 6) is 1.29. The van der Waals surface area contributed by atoms with E-state index in [1.807, 2.05) is 32.2 Å². The third kappa shape index (κ3) is 4.43. The minimum Gasteiger partial charge on any atom is -0.351 e. The molecule has 134 valence electrons. The van der Waals surface area contributed by atoms with Gasteiger partial charge in [0.05, 0.1) is 6.54 Å². The fraction of sp³-hybridized carbons (Fsp3) is 0.500.